The van der Waals surface area contributed by atoms with Crippen LogP contribution in [0, 0.1) is 10.1 Å². The number of non-ortho nitro benzene ring substituents is 1. The number of fused-ring (bicyclic) bond motifs is 2. The minimum atomic E-state index is -0.815. The second-order valence-electron chi connectivity index (χ2n) is 5.57. The van der Waals surface area contributed by atoms with Gasteiger partial charge in [-0.2, -0.15) is 0 Å². The Morgan fingerprint density at radius 2 is 2.14 bits per heavy atom. The van der Waals surface area contributed by atoms with Gasteiger partial charge in [-0.05, 0) is 24.3 Å². The van der Waals surface area contributed by atoms with E-state index in [1.54, 1.807) is 18.2 Å². The van der Waals surface area contributed by atoms with Gasteiger partial charge in [-0.3, -0.25) is 15.4 Å². The van der Waals surface area contributed by atoms with Gasteiger partial charge < -0.3 is 10.1 Å². The van der Waals surface area contributed by atoms with Gasteiger partial charge in [-0.25, -0.2) is 9.78 Å². The number of thiazole rings is 1. The summed E-state index contributed by atoms with van der Waals surface area (Å²) >= 11 is 7.01. The number of rotatable bonds is 3. The number of hydrogen-bond donors (Lipinski definition) is 3. The summed E-state index contributed by atoms with van der Waals surface area (Å²) in [7, 11) is 0. The molecule has 0 saturated heterocycles. The SMILES string of the molecule is O=C(N=Nc1c(O)[nH]c2ccc(Cl)cc12)Nc1nc2ccc([N+](=O)[O-])cc2s1. The van der Waals surface area contributed by atoms with Gasteiger partial charge in [0.15, 0.2) is 10.8 Å². The smallest absolute Gasteiger partial charge is 0.365 e. The maximum absolute atomic E-state index is 12.0. The molecule has 0 aliphatic rings. The lowest BCUT2D eigenvalue weighted by molar-refractivity contribution is -0.384. The van der Waals surface area contributed by atoms with E-state index in [0.29, 0.717) is 26.1 Å². The molecular weight excluding hydrogens is 408 g/mol. The number of aromatic nitrogens is 2. The summed E-state index contributed by atoms with van der Waals surface area (Å²) in [4.78, 5) is 29.2. The number of amides is 2. The van der Waals surface area contributed by atoms with Crippen molar-refractivity contribution < 1.29 is 14.8 Å². The third kappa shape index (κ3) is 3.35. The lowest BCUT2D eigenvalue weighted by Crippen LogP contribution is -2.04. The number of nitro benzene ring substituents is 1. The molecular formula is C16H9ClN6O4S. The molecule has 0 bridgehead atoms. The van der Waals surface area contributed by atoms with E-state index in [-0.39, 0.29) is 22.4 Å². The Labute approximate surface area is 164 Å². The number of carbonyl (C=O) groups excluding carboxylic acids is 1. The molecule has 4 rings (SSSR count). The molecule has 10 nitrogen and oxygen atoms in total. The summed E-state index contributed by atoms with van der Waals surface area (Å²) < 4.78 is 0.547. The highest BCUT2D eigenvalue weighted by Gasteiger charge is 2.13. The number of benzene rings is 2. The van der Waals surface area contributed by atoms with E-state index in [2.05, 4.69) is 25.5 Å². The first-order valence-corrected chi connectivity index (χ1v) is 8.88. The second kappa shape index (κ2) is 6.87. The molecule has 2 aromatic heterocycles. The van der Waals surface area contributed by atoms with Gasteiger partial charge in [-0.15, -0.1) is 5.11 Å². The van der Waals surface area contributed by atoms with Gasteiger partial charge in [0.05, 0.1) is 20.7 Å². The van der Waals surface area contributed by atoms with Crippen molar-refractivity contribution in [3.63, 3.8) is 0 Å². The van der Waals surface area contributed by atoms with Crippen molar-refractivity contribution in [1.82, 2.24) is 9.97 Å². The van der Waals surface area contributed by atoms with E-state index in [1.807, 2.05) is 0 Å². The number of anilines is 1. The number of urea groups is 1. The first-order chi connectivity index (χ1) is 13.4. The first-order valence-electron chi connectivity index (χ1n) is 7.68. The molecule has 2 heterocycles. The minimum Gasteiger partial charge on any atom is -0.493 e. The summed E-state index contributed by atoms with van der Waals surface area (Å²) in [6.45, 7) is 0. The number of aromatic amines is 1. The summed E-state index contributed by atoms with van der Waals surface area (Å²) in [6, 6.07) is 8.27. The van der Waals surface area contributed by atoms with Crippen LogP contribution in [0.5, 0.6) is 5.88 Å². The maximum atomic E-state index is 12.0. The third-order valence-corrected chi connectivity index (χ3v) is 4.92. The Morgan fingerprint density at radius 3 is 2.93 bits per heavy atom. The Bertz CT molecular complexity index is 1280. The fraction of sp³-hybridized carbons (Fsp3) is 0. The fourth-order valence-electron chi connectivity index (χ4n) is 2.53. The van der Waals surface area contributed by atoms with E-state index in [0.717, 1.165) is 11.3 Å². The predicted molar refractivity (Wildman–Crippen MR) is 105 cm³/mol. The van der Waals surface area contributed by atoms with Crippen LogP contribution < -0.4 is 5.32 Å². The molecule has 4 aromatic rings. The van der Waals surface area contributed by atoms with E-state index < -0.39 is 11.0 Å². The molecule has 140 valence electrons. The van der Waals surface area contributed by atoms with E-state index in [4.69, 9.17) is 11.6 Å². The summed E-state index contributed by atoms with van der Waals surface area (Å²) in [6.07, 6.45) is 0. The molecule has 3 N–H and O–H groups in total. The number of halogens is 1. The van der Waals surface area contributed by atoms with Crippen molar-refractivity contribution >= 4 is 66.6 Å². The predicted octanol–water partition coefficient (Wildman–Crippen LogP) is 5.36. The van der Waals surface area contributed by atoms with Crippen molar-refractivity contribution in [2.45, 2.75) is 0 Å². The zero-order chi connectivity index (χ0) is 19.8. The lowest BCUT2D eigenvalue weighted by Gasteiger charge is -1.94. The van der Waals surface area contributed by atoms with Crippen LogP contribution in [0.2, 0.25) is 5.02 Å². The Balaban J connectivity index is 1.56. The zero-order valence-electron chi connectivity index (χ0n) is 13.7. The highest BCUT2D eigenvalue weighted by atomic mass is 35.5. The van der Waals surface area contributed by atoms with Crippen LogP contribution in [0.3, 0.4) is 0 Å². The van der Waals surface area contributed by atoms with E-state index in [9.17, 15) is 20.0 Å². The summed E-state index contributed by atoms with van der Waals surface area (Å²) in [5.41, 5.74) is 1.10. The summed E-state index contributed by atoms with van der Waals surface area (Å²) in [5, 5.41) is 31.7. The molecule has 0 aliphatic carbocycles. The molecule has 0 radical (unpaired) electrons. The number of hydrogen-bond acceptors (Lipinski definition) is 7. The number of nitrogens with zero attached hydrogens (tertiary/aromatic N) is 4. The Hall–Kier alpha value is -3.57. The monoisotopic (exact) mass is 416 g/mol. The van der Waals surface area contributed by atoms with Crippen molar-refractivity contribution in [3.8, 4) is 5.88 Å². The van der Waals surface area contributed by atoms with Gasteiger partial charge in [0, 0.05) is 22.5 Å². The number of nitrogens with one attached hydrogen (secondary N) is 2. The Morgan fingerprint density at radius 1 is 1.32 bits per heavy atom. The molecule has 0 saturated carbocycles. The lowest BCUT2D eigenvalue weighted by atomic mass is 10.2. The van der Waals surface area contributed by atoms with E-state index in [1.165, 1.54) is 18.2 Å². The van der Waals surface area contributed by atoms with Crippen LogP contribution in [-0.2, 0) is 0 Å². The van der Waals surface area contributed by atoms with Crippen molar-refractivity contribution in [2.75, 3.05) is 5.32 Å². The molecule has 2 amide bonds. The molecule has 0 aliphatic heterocycles. The normalized spacial score (nSPS) is 11.5. The van der Waals surface area contributed by atoms with Crippen LogP contribution in [0.25, 0.3) is 21.1 Å². The topological polar surface area (TPSA) is 146 Å². The molecule has 12 heteroatoms. The number of H-pyrrole nitrogens is 1. The Kier molecular flexibility index (Phi) is 4.37. The van der Waals surface area contributed by atoms with Crippen LogP contribution in [0.4, 0.5) is 21.3 Å². The highest BCUT2D eigenvalue weighted by molar-refractivity contribution is 7.22. The summed E-state index contributed by atoms with van der Waals surface area (Å²) in [5.74, 6) is -0.249. The number of carbonyl (C=O) groups is 1. The average molecular weight is 417 g/mol. The standard InChI is InChI=1S/C16H9ClN6O4S/c17-7-1-3-10-9(5-7)13(14(24)18-10)21-22-15(25)20-16-19-11-4-2-8(23(26)27)6-12(11)28-16/h1-6,18,24H,(H,19,20,25). The van der Waals surface area contributed by atoms with Crippen LogP contribution in [-0.4, -0.2) is 26.0 Å². The molecule has 0 fully saturated rings. The average Bonchev–Trinajstić information content (AvgIpc) is 3.18. The minimum absolute atomic E-state index is 0.0674. The van der Waals surface area contributed by atoms with Crippen LogP contribution >= 0.6 is 22.9 Å². The molecule has 0 atom stereocenters. The largest absolute Gasteiger partial charge is 0.493 e. The van der Waals surface area contributed by atoms with Gasteiger partial charge >= 0.3 is 6.03 Å². The van der Waals surface area contributed by atoms with E-state index >= 15 is 0 Å². The molecule has 0 unspecified atom stereocenters. The molecule has 2 aromatic carbocycles. The maximum Gasteiger partial charge on any atom is 0.365 e. The number of nitro groups is 1. The van der Waals surface area contributed by atoms with Crippen molar-refractivity contribution in [3.05, 3.63) is 51.5 Å². The third-order valence-electron chi connectivity index (χ3n) is 3.75. The van der Waals surface area contributed by atoms with Crippen molar-refractivity contribution in [2.24, 2.45) is 10.2 Å². The second-order valence-corrected chi connectivity index (χ2v) is 7.04. The highest BCUT2D eigenvalue weighted by Crippen LogP contribution is 2.37. The van der Waals surface area contributed by atoms with Gasteiger partial charge in [0.2, 0.25) is 5.88 Å². The molecule has 28 heavy (non-hydrogen) atoms. The van der Waals surface area contributed by atoms with Gasteiger partial charge in [0.25, 0.3) is 5.69 Å². The van der Waals surface area contributed by atoms with Crippen molar-refractivity contribution in [1.29, 1.82) is 0 Å². The van der Waals surface area contributed by atoms with Gasteiger partial charge in [0.1, 0.15) is 0 Å². The van der Waals surface area contributed by atoms with Crippen LogP contribution in [0.1, 0.15) is 0 Å². The van der Waals surface area contributed by atoms with Gasteiger partial charge in [-0.1, -0.05) is 28.1 Å². The zero-order valence-corrected chi connectivity index (χ0v) is 15.3. The first kappa shape index (κ1) is 17.8. The number of azo groups is 1. The molecule has 0 spiro atoms. The quantitative estimate of drug-likeness (QED) is 0.233. The fourth-order valence-corrected chi connectivity index (χ4v) is 3.59. The number of aromatic hydroxyl groups is 1. The van der Waals surface area contributed by atoms with Crippen LogP contribution in [0.15, 0.2) is 46.6 Å².